The molecule has 0 aromatic carbocycles. The minimum atomic E-state index is 0.885. The lowest BCUT2D eigenvalue weighted by Gasteiger charge is -2.20. The molecule has 1 heterocycles. The van der Waals surface area contributed by atoms with Gasteiger partial charge >= 0.3 is 0 Å². The van der Waals surface area contributed by atoms with Gasteiger partial charge in [-0.1, -0.05) is 20.3 Å². The maximum atomic E-state index is 3.48. The summed E-state index contributed by atoms with van der Waals surface area (Å²) in [5, 5.41) is 3.48. The third-order valence-electron chi connectivity index (χ3n) is 3.66. The average molecular weight is 280 g/mol. The van der Waals surface area contributed by atoms with Gasteiger partial charge in [-0.15, -0.1) is 11.3 Å². The van der Waals surface area contributed by atoms with Crippen LogP contribution in [-0.4, -0.2) is 24.0 Å². The minimum absolute atomic E-state index is 0.885. The molecular formula is C16H28N2S. The van der Waals surface area contributed by atoms with Crippen molar-refractivity contribution in [3.8, 4) is 0 Å². The predicted octanol–water partition coefficient (Wildman–Crippen LogP) is 4.01. The van der Waals surface area contributed by atoms with E-state index in [4.69, 9.17) is 0 Å². The lowest BCUT2D eigenvalue weighted by atomic mass is 10.3. The summed E-state index contributed by atoms with van der Waals surface area (Å²) in [7, 11) is 0. The zero-order valence-corrected chi connectivity index (χ0v) is 13.3. The van der Waals surface area contributed by atoms with Crippen LogP contribution in [0.4, 0.5) is 0 Å². The van der Waals surface area contributed by atoms with Gasteiger partial charge in [0, 0.05) is 28.9 Å². The largest absolute Gasteiger partial charge is 0.312 e. The van der Waals surface area contributed by atoms with E-state index in [1.54, 1.807) is 0 Å². The molecule has 0 spiro atoms. The van der Waals surface area contributed by atoms with E-state index in [0.717, 1.165) is 19.1 Å². The molecule has 1 aliphatic carbocycles. The van der Waals surface area contributed by atoms with Crippen LogP contribution in [0.15, 0.2) is 12.1 Å². The molecule has 1 aliphatic rings. The molecule has 0 atom stereocenters. The first-order valence-corrected chi connectivity index (χ1v) is 8.67. The molecule has 1 fully saturated rings. The van der Waals surface area contributed by atoms with Gasteiger partial charge in [-0.25, -0.2) is 0 Å². The summed E-state index contributed by atoms with van der Waals surface area (Å²) in [4.78, 5) is 5.71. The minimum Gasteiger partial charge on any atom is -0.312 e. The number of hydrogen-bond donors (Lipinski definition) is 1. The molecule has 0 unspecified atom stereocenters. The lowest BCUT2D eigenvalue weighted by molar-refractivity contribution is 0.253. The Morgan fingerprint density at radius 2 is 2.00 bits per heavy atom. The Kier molecular flexibility index (Phi) is 6.35. The van der Waals surface area contributed by atoms with Crippen LogP contribution in [0.5, 0.6) is 0 Å². The van der Waals surface area contributed by atoms with Gasteiger partial charge < -0.3 is 5.32 Å². The molecule has 1 aromatic heterocycles. The smallest absolute Gasteiger partial charge is 0.0330 e. The highest BCUT2D eigenvalue weighted by Crippen LogP contribution is 2.30. The predicted molar refractivity (Wildman–Crippen MR) is 84.7 cm³/mol. The quantitative estimate of drug-likeness (QED) is 0.651. The van der Waals surface area contributed by atoms with Gasteiger partial charge in [-0.3, -0.25) is 4.90 Å². The van der Waals surface area contributed by atoms with Crippen molar-refractivity contribution in [2.75, 3.05) is 13.1 Å². The number of unbranched alkanes of at least 4 members (excludes halogenated alkanes) is 1. The van der Waals surface area contributed by atoms with Crippen molar-refractivity contribution >= 4 is 11.3 Å². The third kappa shape index (κ3) is 5.25. The SMILES string of the molecule is CCCCN(Cc1ccc(CNCCC)s1)C1CC1. The van der Waals surface area contributed by atoms with Gasteiger partial charge in [-0.2, -0.15) is 0 Å². The Morgan fingerprint density at radius 3 is 2.68 bits per heavy atom. The van der Waals surface area contributed by atoms with Crippen LogP contribution in [-0.2, 0) is 13.1 Å². The Morgan fingerprint density at radius 1 is 1.21 bits per heavy atom. The van der Waals surface area contributed by atoms with Crippen molar-refractivity contribution in [1.82, 2.24) is 10.2 Å². The fraction of sp³-hybridized carbons (Fsp3) is 0.750. The molecule has 1 saturated carbocycles. The zero-order valence-electron chi connectivity index (χ0n) is 12.5. The standard InChI is InChI=1S/C16H28N2S/c1-3-5-11-18(14-6-7-14)13-16-9-8-15(19-16)12-17-10-4-2/h8-9,14,17H,3-7,10-13H2,1-2H3. The molecule has 108 valence electrons. The molecule has 1 N–H and O–H groups in total. The molecule has 0 saturated heterocycles. The highest BCUT2D eigenvalue weighted by Gasteiger charge is 2.28. The van der Waals surface area contributed by atoms with Crippen LogP contribution in [0.25, 0.3) is 0 Å². The van der Waals surface area contributed by atoms with Crippen molar-refractivity contribution in [2.45, 2.75) is 65.1 Å². The summed E-state index contributed by atoms with van der Waals surface area (Å²) in [6.45, 7) is 9.11. The van der Waals surface area contributed by atoms with Gasteiger partial charge in [0.25, 0.3) is 0 Å². The van der Waals surface area contributed by atoms with Crippen molar-refractivity contribution < 1.29 is 0 Å². The molecule has 2 nitrogen and oxygen atoms in total. The molecule has 19 heavy (non-hydrogen) atoms. The lowest BCUT2D eigenvalue weighted by Crippen LogP contribution is -2.26. The Balaban J connectivity index is 1.79. The maximum Gasteiger partial charge on any atom is 0.0330 e. The van der Waals surface area contributed by atoms with Crippen molar-refractivity contribution in [3.05, 3.63) is 21.9 Å². The topological polar surface area (TPSA) is 15.3 Å². The van der Waals surface area contributed by atoms with Crippen molar-refractivity contribution in [3.63, 3.8) is 0 Å². The Hall–Kier alpha value is -0.380. The Labute approximate surface area is 122 Å². The van der Waals surface area contributed by atoms with E-state index in [9.17, 15) is 0 Å². The highest BCUT2D eigenvalue weighted by molar-refractivity contribution is 7.11. The normalized spacial score (nSPS) is 15.3. The number of nitrogens with zero attached hydrogens (tertiary/aromatic N) is 1. The highest BCUT2D eigenvalue weighted by atomic mass is 32.1. The summed E-state index contributed by atoms with van der Waals surface area (Å²) in [5.74, 6) is 0. The van der Waals surface area contributed by atoms with Gasteiger partial charge in [0.2, 0.25) is 0 Å². The van der Waals surface area contributed by atoms with E-state index in [1.165, 1.54) is 54.9 Å². The summed E-state index contributed by atoms with van der Waals surface area (Å²) >= 11 is 1.99. The van der Waals surface area contributed by atoms with Crippen LogP contribution in [0, 0.1) is 0 Å². The first kappa shape index (κ1) is 15.0. The van der Waals surface area contributed by atoms with Gasteiger partial charge in [-0.05, 0) is 50.9 Å². The summed E-state index contributed by atoms with van der Waals surface area (Å²) < 4.78 is 0. The van der Waals surface area contributed by atoms with Crippen LogP contribution in [0.2, 0.25) is 0 Å². The van der Waals surface area contributed by atoms with E-state index in [-0.39, 0.29) is 0 Å². The second-order valence-electron chi connectivity index (χ2n) is 5.60. The fourth-order valence-corrected chi connectivity index (χ4v) is 3.40. The summed E-state index contributed by atoms with van der Waals surface area (Å²) in [6, 6.07) is 5.51. The molecule has 2 rings (SSSR count). The maximum absolute atomic E-state index is 3.48. The van der Waals surface area contributed by atoms with Crippen LogP contribution in [0.3, 0.4) is 0 Å². The van der Waals surface area contributed by atoms with Crippen LogP contribution >= 0.6 is 11.3 Å². The first-order valence-electron chi connectivity index (χ1n) is 7.85. The summed E-state index contributed by atoms with van der Waals surface area (Å²) in [6.07, 6.45) is 6.69. The molecule has 0 aliphatic heterocycles. The number of thiophene rings is 1. The van der Waals surface area contributed by atoms with Crippen LogP contribution < -0.4 is 5.32 Å². The van der Waals surface area contributed by atoms with E-state index < -0.39 is 0 Å². The van der Waals surface area contributed by atoms with Crippen molar-refractivity contribution in [1.29, 1.82) is 0 Å². The molecule has 3 heteroatoms. The first-order chi connectivity index (χ1) is 9.33. The average Bonchev–Trinajstić information content (AvgIpc) is 3.17. The molecular weight excluding hydrogens is 252 g/mol. The number of rotatable bonds is 10. The van der Waals surface area contributed by atoms with Gasteiger partial charge in [0.15, 0.2) is 0 Å². The molecule has 0 amide bonds. The fourth-order valence-electron chi connectivity index (χ4n) is 2.38. The van der Waals surface area contributed by atoms with E-state index >= 15 is 0 Å². The zero-order chi connectivity index (χ0) is 13.5. The van der Waals surface area contributed by atoms with E-state index in [2.05, 4.69) is 36.2 Å². The monoisotopic (exact) mass is 280 g/mol. The third-order valence-corrected chi connectivity index (χ3v) is 4.73. The van der Waals surface area contributed by atoms with Gasteiger partial charge in [0.05, 0.1) is 0 Å². The number of hydrogen-bond acceptors (Lipinski definition) is 3. The van der Waals surface area contributed by atoms with E-state index in [1.807, 2.05) is 11.3 Å². The summed E-state index contributed by atoms with van der Waals surface area (Å²) in [5.41, 5.74) is 0. The van der Waals surface area contributed by atoms with Gasteiger partial charge in [0.1, 0.15) is 0 Å². The number of nitrogens with one attached hydrogen (secondary N) is 1. The second-order valence-corrected chi connectivity index (χ2v) is 6.85. The van der Waals surface area contributed by atoms with E-state index in [0.29, 0.717) is 0 Å². The molecule has 0 bridgehead atoms. The molecule has 0 radical (unpaired) electrons. The van der Waals surface area contributed by atoms with Crippen molar-refractivity contribution in [2.24, 2.45) is 0 Å². The second kappa shape index (κ2) is 8.03. The van der Waals surface area contributed by atoms with Crippen LogP contribution in [0.1, 0.15) is 55.7 Å². The Bertz CT molecular complexity index is 357. The molecule has 1 aromatic rings.